The second-order valence-electron chi connectivity index (χ2n) is 12.2. The number of hydrogen-bond donors (Lipinski definition) is 3. The van der Waals surface area contributed by atoms with Gasteiger partial charge >= 0.3 is 17.7 Å². The summed E-state index contributed by atoms with van der Waals surface area (Å²) in [5, 5.41) is 21.1. The molecular formula is C33H42N6O6. The number of rotatable bonds is 11. The van der Waals surface area contributed by atoms with Gasteiger partial charge in [0.15, 0.2) is 0 Å². The first-order valence-electron chi connectivity index (χ1n) is 15.3. The fraction of sp³-hybridized carbons (Fsp3) is 0.455. The van der Waals surface area contributed by atoms with Crippen molar-refractivity contribution in [2.75, 3.05) is 23.8 Å². The molecule has 1 fully saturated rings. The molecule has 4 rings (SSSR count). The van der Waals surface area contributed by atoms with E-state index in [2.05, 4.69) is 25.9 Å². The summed E-state index contributed by atoms with van der Waals surface area (Å²) in [5.41, 5.74) is 3.63. The van der Waals surface area contributed by atoms with Crippen LogP contribution in [0, 0.1) is 23.0 Å². The third-order valence-corrected chi connectivity index (χ3v) is 7.66. The fourth-order valence-corrected chi connectivity index (χ4v) is 5.34. The maximum absolute atomic E-state index is 12.2. The van der Waals surface area contributed by atoms with Crippen molar-refractivity contribution < 1.29 is 24.0 Å². The van der Waals surface area contributed by atoms with E-state index in [0.29, 0.717) is 31.2 Å². The highest BCUT2D eigenvalue weighted by atomic mass is 16.6. The monoisotopic (exact) mass is 618 g/mol. The van der Waals surface area contributed by atoms with Gasteiger partial charge in [-0.05, 0) is 101 Å². The summed E-state index contributed by atoms with van der Waals surface area (Å²) >= 11 is 0. The molecule has 12 heteroatoms. The molecule has 1 amide bonds. The summed E-state index contributed by atoms with van der Waals surface area (Å²) in [4.78, 5) is 44.2. The van der Waals surface area contributed by atoms with E-state index < -0.39 is 16.6 Å². The standard InChI is InChI=1S/C33H42N6O6/c1-6-44-30(40)24-10-7-9-23(17-24)27-12-8-11-25(21(27)2)19-34-31-35-20-28(39(42)43)29(38-31)37-26-15-13-22(14-16-26)18-36-32(41)45-33(3,4)5/h7-12,17,20,22,26H,6,13-16,18-19H2,1-5H3,(H,36,41)(H2,34,35,37,38). The Labute approximate surface area is 263 Å². The van der Waals surface area contributed by atoms with Gasteiger partial charge < -0.3 is 25.4 Å². The molecule has 45 heavy (non-hydrogen) atoms. The van der Waals surface area contributed by atoms with Crippen molar-refractivity contribution in [1.29, 1.82) is 0 Å². The molecule has 1 aromatic heterocycles. The number of carbonyl (C=O) groups is 2. The lowest BCUT2D eigenvalue weighted by Gasteiger charge is -2.29. The van der Waals surface area contributed by atoms with Crippen molar-refractivity contribution in [3.05, 3.63) is 75.5 Å². The van der Waals surface area contributed by atoms with Crippen LogP contribution in [0.3, 0.4) is 0 Å². The molecule has 2 aromatic carbocycles. The SMILES string of the molecule is CCOC(=O)c1cccc(-c2cccc(CNc3ncc([N+](=O)[O-])c(NC4CCC(CNC(=O)OC(C)(C)C)CC4)n3)c2C)c1. The Morgan fingerprint density at radius 1 is 1.09 bits per heavy atom. The number of benzene rings is 2. The second-order valence-corrected chi connectivity index (χ2v) is 12.2. The van der Waals surface area contributed by atoms with E-state index in [1.165, 1.54) is 6.20 Å². The summed E-state index contributed by atoms with van der Waals surface area (Å²) < 4.78 is 10.5. The Balaban J connectivity index is 1.39. The van der Waals surface area contributed by atoms with E-state index in [9.17, 15) is 19.7 Å². The molecular weight excluding hydrogens is 576 g/mol. The van der Waals surface area contributed by atoms with Crippen LogP contribution < -0.4 is 16.0 Å². The minimum atomic E-state index is -0.548. The minimum absolute atomic E-state index is 0.00789. The lowest BCUT2D eigenvalue weighted by atomic mass is 9.86. The van der Waals surface area contributed by atoms with Crippen LogP contribution in [0.5, 0.6) is 0 Å². The number of carbonyl (C=O) groups excluding carboxylic acids is 2. The fourth-order valence-electron chi connectivity index (χ4n) is 5.34. The predicted octanol–water partition coefficient (Wildman–Crippen LogP) is 6.64. The van der Waals surface area contributed by atoms with Gasteiger partial charge in [-0.2, -0.15) is 4.98 Å². The van der Waals surface area contributed by atoms with Crippen LogP contribution in [-0.4, -0.2) is 51.7 Å². The largest absolute Gasteiger partial charge is 0.462 e. The molecule has 1 aliphatic carbocycles. The van der Waals surface area contributed by atoms with Crippen LogP contribution >= 0.6 is 0 Å². The van der Waals surface area contributed by atoms with Gasteiger partial charge in [-0.15, -0.1) is 0 Å². The zero-order valence-corrected chi connectivity index (χ0v) is 26.5. The Morgan fingerprint density at radius 2 is 1.82 bits per heavy atom. The molecule has 1 aliphatic rings. The Hall–Kier alpha value is -4.74. The topological polar surface area (TPSA) is 158 Å². The zero-order valence-electron chi connectivity index (χ0n) is 26.5. The van der Waals surface area contributed by atoms with Gasteiger partial charge in [-0.25, -0.2) is 14.6 Å². The molecule has 0 unspecified atom stereocenters. The molecule has 0 spiro atoms. The van der Waals surface area contributed by atoms with Crippen molar-refractivity contribution >= 4 is 29.5 Å². The third kappa shape index (κ3) is 9.37. The van der Waals surface area contributed by atoms with Gasteiger partial charge in [0.1, 0.15) is 11.8 Å². The molecule has 0 atom stereocenters. The molecule has 240 valence electrons. The summed E-state index contributed by atoms with van der Waals surface area (Å²) in [6, 6.07) is 13.3. The minimum Gasteiger partial charge on any atom is -0.462 e. The van der Waals surface area contributed by atoms with E-state index >= 15 is 0 Å². The highest BCUT2D eigenvalue weighted by molar-refractivity contribution is 5.91. The van der Waals surface area contributed by atoms with Gasteiger partial charge in [0.25, 0.3) is 0 Å². The van der Waals surface area contributed by atoms with Gasteiger partial charge in [-0.1, -0.05) is 30.3 Å². The molecule has 3 N–H and O–H groups in total. The van der Waals surface area contributed by atoms with Gasteiger partial charge in [0.2, 0.25) is 11.8 Å². The van der Waals surface area contributed by atoms with Crippen molar-refractivity contribution in [2.45, 2.75) is 78.5 Å². The number of nitrogens with zero attached hydrogens (tertiary/aromatic N) is 3. The molecule has 0 aliphatic heterocycles. The predicted molar refractivity (Wildman–Crippen MR) is 172 cm³/mol. The zero-order chi connectivity index (χ0) is 32.6. The average molecular weight is 619 g/mol. The van der Waals surface area contributed by atoms with Crippen LogP contribution in [0.1, 0.15) is 74.9 Å². The molecule has 0 saturated heterocycles. The number of alkyl carbamates (subject to hydrolysis) is 1. The first-order chi connectivity index (χ1) is 21.4. The van der Waals surface area contributed by atoms with Crippen LogP contribution in [0.25, 0.3) is 11.1 Å². The van der Waals surface area contributed by atoms with E-state index in [0.717, 1.165) is 47.9 Å². The van der Waals surface area contributed by atoms with E-state index in [1.54, 1.807) is 13.0 Å². The number of nitrogens with one attached hydrogen (secondary N) is 3. The first-order valence-corrected chi connectivity index (χ1v) is 15.3. The molecule has 0 radical (unpaired) electrons. The lowest BCUT2D eigenvalue weighted by Crippen LogP contribution is -2.37. The number of aromatic nitrogens is 2. The Morgan fingerprint density at radius 3 is 2.51 bits per heavy atom. The quantitative estimate of drug-likeness (QED) is 0.121. The van der Waals surface area contributed by atoms with E-state index in [-0.39, 0.29) is 29.5 Å². The summed E-state index contributed by atoms with van der Waals surface area (Å²) in [6.45, 7) is 10.5. The average Bonchev–Trinajstić information content (AvgIpc) is 2.99. The summed E-state index contributed by atoms with van der Waals surface area (Å²) in [7, 11) is 0. The third-order valence-electron chi connectivity index (χ3n) is 7.66. The molecule has 12 nitrogen and oxygen atoms in total. The number of nitro groups is 1. The summed E-state index contributed by atoms with van der Waals surface area (Å²) in [5.74, 6) is 0.388. The number of ether oxygens (including phenoxy) is 2. The molecule has 0 bridgehead atoms. The van der Waals surface area contributed by atoms with E-state index in [4.69, 9.17) is 9.47 Å². The molecule has 3 aromatic rings. The van der Waals surface area contributed by atoms with Gasteiger partial charge in [0, 0.05) is 19.1 Å². The second kappa shape index (κ2) is 14.8. The normalized spacial score (nSPS) is 16.4. The maximum Gasteiger partial charge on any atom is 0.407 e. The number of esters is 1. The first kappa shape index (κ1) is 33.2. The highest BCUT2D eigenvalue weighted by Crippen LogP contribution is 2.30. The van der Waals surface area contributed by atoms with Crippen LogP contribution in [-0.2, 0) is 16.0 Å². The van der Waals surface area contributed by atoms with Crippen LogP contribution in [0.4, 0.5) is 22.2 Å². The van der Waals surface area contributed by atoms with Crippen molar-refractivity contribution in [2.24, 2.45) is 5.92 Å². The smallest absolute Gasteiger partial charge is 0.407 e. The van der Waals surface area contributed by atoms with Crippen molar-refractivity contribution in [1.82, 2.24) is 15.3 Å². The van der Waals surface area contributed by atoms with Crippen LogP contribution in [0.2, 0.25) is 0 Å². The number of hydrogen-bond acceptors (Lipinski definition) is 10. The number of anilines is 2. The number of amides is 1. The Bertz CT molecular complexity index is 1510. The highest BCUT2D eigenvalue weighted by Gasteiger charge is 2.26. The van der Waals surface area contributed by atoms with Gasteiger partial charge in [0.05, 0.1) is 17.1 Å². The van der Waals surface area contributed by atoms with Crippen molar-refractivity contribution in [3.63, 3.8) is 0 Å². The van der Waals surface area contributed by atoms with Gasteiger partial charge in [-0.3, -0.25) is 10.1 Å². The summed E-state index contributed by atoms with van der Waals surface area (Å²) in [6.07, 6.45) is 4.08. The maximum atomic E-state index is 12.2. The van der Waals surface area contributed by atoms with Crippen molar-refractivity contribution in [3.8, 4) is 11.1 Å². The Kier molecular flexibility index (Phi) is 10.9. The molecule has 1 heterocycles. The van der Waals surface area contributed by atoms with Crippen LogP contribution in [0.15, 0.2) is 48.7 Å². The lowest BCUT2D eigenvalue weighted by molar-refractivity contribution is -0.384. The van der Waals surface area contributed by atoms with E-state index in [1.807, 2.05) is 64.1 Å². The molecule has 1 saturated carbocycles.